The van der Waals surface area contributed by atoms with Gasteiger partial charge in [-0.3, -0.25) is 14.3 Å². The van der Waals surface area contributed by atoms with Crippen molar-refractivity contribution in [3.05, 3.63) is 53.3 Å². The number of amides is 2. The number of hydrogen-bond donors (Lipinski definition) is 1. The maximum Gasteiger partial charge on any atom is 0.273 e. The molecule has 6 nitrogen and oxygen atoms in total. The second-order valence-corrected chi connectivity index (χ2v) is 11.0. The zero-order valence-corrected chi connectivity index (χ0v) is 20.6. The molecule has 2 amide bonds. The minimum atomic E-state index is -0.959. The number of nitrogens with zero attached hydrogens (tertiary/aromatic N) is 3. The summed E-state index contributed by atoms with van der Waals surface area (Å²) in [5.41, 5.74) is 1.59. The molecule has 6 heteroatoms. The summed E-state index contributed by atoms with van der Waals surface area (Å²) in [5.74, 6) is -0.153. The minimum absolute atomic E-state index is 0.0547. The van der Waals surface area contributed by atoms with Gasteiger partial charge in [0.25, 0.3) is 5.91 Å². The van der Waals surface area contributed by atoms with Crippen molar-refractivity contribution < 1.29 is 9.59 Å². The third-order valence-electron chi connectivity index (χ3n) is 7.19. The molecule has 1 atom stereocenters. The van der Waals surface area contributed by atoms with Crippen LogP contribution < -0.4 is 5.32 Å². The summed E-state index contributed by atoms with van der Waals surface area (Å²) in [6, 6.07) is 12.4. The van der Waals surface area contributed by atoms with Gasteiger partial charge in [-0.15, -0.1) is 0 Å². The number of aryl methyl sites for hydroxylation is 1. The molecule has 2 aliphatic rings. The van der Waals surface area contributed by atoms with Gasteiger partial charge in [-0.05, 0) is 44.2 Å². The number of fused-ring (bicyclic) bond motifs is 1. The predicted octanol–water partition coefficient (Wildman–Crippen LogP) is 4.48. The summed E-state index contributed by atoms with van der Waals surface area (Å²) in [5, 5.41) is 8.03. The molecule has 1 saturated carbocycles. The Balaban J connectivity index is 1.59. The van der Waals surface area contributed by atoms with E-state index in [2.05, 4.69) is 38.2 Å². The molecule has 0 bridgehead atoms. The molecule has 0 spiro atoms. The highest BCUT2D eigenvalue weighted by Gasteiger charge is 2.48. The molecule has 2 heterocycles. The van der Waals surface area contributed by atoms with E-state index >= 15 is 0 Å². The molecule has 0 radical (unpaired) electrons. The summed E-state index contributed by atoms with van der Waals surface area (Å²) in [7, 11) is 0. The Morgan fingerprint density at radius 1 is 1.15 bits per heavy atom. The lowest BCUT2D eigenvalue weighted by molar-refractivity contribution is -0.134. The van der Waals surface area contributed by atoms with E-state index < -0.39 is 5.54 Å². The summed E-state index contributed by atoms with van der Waals surface area (Å²) < 4.78 is 1.76. The molecular weight excluding hydrogens is 412 g/mol. The fourth-order valence-corrected chi connectivity index (χ4v) is 5.03. The summed E-state index contributed by atoms with van der Waals surface area (Å²) in [6.45, 7) is 9.12. The molecule has 0 saturated heterocycles. The van der Waals surface area contributed by atoms with Gasteiger partial charge in [-0.1, -0.05) is 70.4 Å². The minimum Gasteiger partial charge on any atom is -0.351 e. The van der Waals surface area contributed by atoms with E-state index in [1.807, 2.05) is 31.2 Å². The van der Waals surface area contributed by atoms with Crippen LogP contribution in [0.5, 0.6) is 0 Å². The van der Waals surface area contributed by atoms with E-state index in [0.29, 0.717) is 18.8 Å². The Bertz CT molecular complexity index is 985. The monoisotopic (exact) mass is 450 g/mol. The Kier molecular flexibility index (Phi) is 6.64. The number of hydrogen-bond acceptors (Lipinski definition) is 3. The van der Waals surface area contributed by atoms with Crippen molar-refractivity contribution in [3.63, 3.8) is 0 Å². The highest BCUT2D eigenvalue weighted by molar-refractivity contribution is 5.99. The molecule has 1 aromatic carbocycles. The van der Waals surface area contributed by atoms with Crippen LogP contribution in [0.3, 0.4) is 0 Å². The van der Waals surface area contributed by atoms with Crippen molar-refractivity contribution in [2.45, 2.75) is 96.2 Å². The van der Waals surface area contributed by atoms with E-state index in [-0.39, 0.29) is 23.3 Å². The number of nitrogens with one attached hydrogen (secondary N) is 1. The van der Waals surface area contributed by atoms with Crippen LogP contribution >= 0.6 is 0 Å². The predicted molar refractivity (Wildman–Crippen MR) is 130 cm³/mol. The molecule has 33 heavy (non-hydrogen) atoms. The smallest absolute Gasteiger partial charge is 0.273 e. The zero-order chi connectivity index (χ0) is 23.6. The van der Waals surface area contributed by atoms with Gasteiger partial charge in [0.1, 0.15) is 11.2 Å². The Labute approximate surface area is 197 Å². The summed E-state index contributed by atoms with van der Waals surface area (Å²) >= 11 is 0. The highest BCUT2D eigenvalue weighted by atomic mass is 16.2. The third kappa shape index (κ3) is 4.99. The molecule has 1 fully saturated rings. The lowest BCUT2D eigenvalue weighted by Gasteiger charge is -2.44. The maximum atomic E-state index is 13.7. The Morgan fingerprint density at radius 3 is 2.52 bits per heavy atom. The number of carbonyl (C=O) groups is 2. The van der Waals surface area contributed by atoms with Crippen LogP contribution in [-0.4, -0.2) is 44.6 Å². The lowest BCUT2D eigenvalue weighted by atomic mass is 9.90. The second-order valence-electron chi connectivity index (χ2n) is 11.0. The zero-order valence-electron chi connectivity index (χ0n) is 20.6. The summed E-state index contributed by atoms with van der Waals surface area (Å²) in [4.78, 5) is 29.1. The Hall–Kier alpha value is -2.63. The first-order valence-corrected chi connectivity index (χ1v) is 12.4. The van der Waals surface area contributed by atoms with Gasteiger partial charge in [-0.2, -0.15) is 5.10 Å². The first-order valence-electron chi connectivity index (χ1n) is 12.4. The van der Waals surface area contributed by atoms with Gasteiger partial charge in [0.05, 0.1) is 12.2 Å². The van der Waals surface area contributed by atoms with Crippen LogP contribution in [-0.2, 0) is 23.2 Å². The van der Waals surface area contributed by atoms with Crippen molar-refractivity contribution in [1.29, 1.82) is 0 Å². The van der Waals surface area contributed by atoms with Crippen molar-refractivity contribution in [1.82, 2.24) is 20.0 Å². The first kappa shape index (κ1) is 23.5. The van der Waals surface area contributed by atoms with E-state index in [0.717, 1.165) is 44.2 Å². The number of benzene rings is 1. The van der Waals surface area contributed by atoms with Crippen molar-refractivity contribution in [2.75, 3.05) is 6.54 Å². The first-order chi connectivity index (χ1) is 15.7. The Morgan fingerprint density at radius 2 is 1.85 bits per heavy atom. The van der Waals surface area contributed by atoms with Gasteiger partial charge >= 0.3 is 0 Å². The maximum absolute atomic E-state index is 13.7. The summed E-state index contributed by atoms with van der Waals surface area (Å²) in [6.07, 6.45) is 7.26. The molecule has 1 unspecified atom stereocenters. The lowest BCUT2D eigenvalue weighted by Crippen LogP contribution is -2.65. The normalized spacial score (nSPS) is 21.7. The van der Waals surface area contributed by atoms with Crippen LogP contribution in [0.4, 0.5) is 0 Å². The molecule has 178 valence electrons. The largest absolute Gasteiger partial charge is 0.351 e. The average Bonchev–Trinajstić information content (AvgIpc) is 3.22. The van der Waals surface area contributed by atoms with Crippen LogP contribution in [0.2, 0.25) is 0 Å². The SMILES string of the molecule is CC(C)(C)c1cc2n(n1)CC(C)(C(=O)NC1CCCCC1)N(CCCc1ccccc1)C2=O. The van der Waals surface area contributed by atoms with Crippen LogP contribution in [0.25, 0.3) is 0 Å². The van der Waals surface area contributed by atoms with Crippen molar-refractivity contribution >= 4 is 11.8 Å². The van der Waals surface area contributed by atoms with Gasteiger partial charge < -0.3 is 10.2 Å². The fraction of sp³-hybridized carbons (Fsp3) is 0.593. The van der Waals surface area contributed by atoms with Crippen LogP contribution in [0.1, 0.15) is 88.0 Å². The standard InChI is InChI=1S/C27H38N4O2/c1-26(2,3)23-18-22-24(32)30(17-11-14-20-12-7-5-8-13-20)27(4,19-31(22)29-23)25(33)28-21-15-9-6-10-16-21/h5,7-8,12-13,18,21H,6,9-11,14-17,19H2,1-4H3,(H,28,33). The highest BCUT2D eigenvalue weighted by Crippen LogP contribution is 2.31. The van der Waals surface area contributed by atoms with Crippen molar-refractivity contribution in [2.24, 2.45) is 0 Å². The number of carbonyl (C=O) groups excluding carboxylic acids is 2. The van der Waals surface area contributed by atoms with E-state index in [4.69, 9.17) is 5.10 Å². The van der Waals surface area contributed by atoms with E-state index in [9.17, 15) is 9.59 Å². The molecular formula is C27H38N4O2. The second kappa shape index (κ2) is 9.32. The van der Waals surface area contributed by atoms with E-state index in [1.54, 1.807) is 9.58 Å². The van der Waals surface area contributed by atoms with Gasteiger partial charge in [0, 0.05) is 18.0 Å². The molecule has 1 N–H and O–H groups in total. The fourth-order valence-electron chi connectivity index (χ4n) is 5.03. The number of rotatable bonds is 6. The quantitative estimate of drug-likeness (QED) is 0.706. The van der Waals surface area contributed by atoms with Gasteiger partial charge in [0.15, 0.2) is 0 Å². The van der Waals surface area contributed by atoms with Crippen molar-refractivity contribution in [3.8, 4) is 0 Å². The molecule has 2 aromatic rings. The molecule has 1 aromatic heterocycles. The third-order valence-corrected chi connectivity index (χ3v) is 7.19. The van der Waals surface area contributed by atoms with Gasteiger partial charge in [-0.25, -0.2) is 0 Å². The molecule has 4 rings (SSSR count). The van der Waals surface area contributed by atoms with Crippen LogP contribution in [0, 0.1) is 0 Å². The molecule has 1 aliphatic heterocycles. The number of aromatic nitrogens is 2. The van der Waals surface area contributed by atoms with Crippen LogP contribution in [0.15, 0.2) is 36.4 Å². The van der Waals surface area contributed by atoms with E-state index in [1.165, 1.54) is 12.0 Å². The molecule has 1 aliphatic carbocycles. The topological polar surface area (TPSA) is 67.2 Å². The van der Waals surface area contributed by atoms with Gasteiger partial charge in [0.2, 0.25) is 5.91 Å². The average molecular weight is 451 g/mol.